The average molecular weight is 337 g/mol. The van der Waals surface area contributed by atoms with Crippen LogP contribution in [0.3, 0.4) is 0 Å². The van der Waals surface area contributed by atoms with E-state index in [0.717, 1.165) is 18.7 Å². The molecule has 4 rings (SSSR count). The SMILES string of the molecule is CN1CCC[C@H]1C1(n2nc(Nc3ccccc3)nc2N)C=CC=NC1. The van der Waals surface area contributed by atoms with Gasteiger partial charge in [-0.25, -0.2) is 4.68 Å². The van der Waals surface area contributed by atoms with E-state index in [9.17, 15) is 0 Å². The molecular formula is C18H23N7. The highest BCUT2D eigenvalue weighted by Crippen LogP contribution is 2.36. The minimum absolute atomic E-state index is 0.301. The number of allylic oxidation sites excluding steroid dienone is 1. The van der Waals surface area contributed by atoms with Crippen molar-refractivity contribution in [2.45, 2.75) is 24.4 Å². The Balaban J connectivity index is 1.71. The predicted molar refractivity (Wildman–Crippen MR) is 100 cm³/mol. The van der Waals surface area contributed by atoms with E-state index in [1.807, 2.05) is 47.3 Å². The van der Waals surface area contributed by atoms with Crippen LogP contribution < -0.4 is 11.1 Å². The third kappa shape index (κ3) is 2.80. The zero-order valence-electron chi connectivity index (χ0n) is 14.3. The Kier molecular flexibility index (Phi) is 4.01. The molecule has 0 saturated carbocycles. The molecule has 1 aromatic heterocycles. The van der Waals surface area contributed by atoms with Crippen molar-refractivity contribution in [1.82, 2.24) is 19.7 Å². The van der Waals surface area contributed by atoms with Crippen molar-refractivity contribution in [3.05, 3.63) is 42.5 Å². The second-order valence-electron chi connectivity index (χ2n) is 6.68. The van der Waals surface area contributed by atoms with Gasteiger partial charge < -0.3 is 16.0 Å². The molecule has 1 unspecified atom stereocenters. The van der Waals surface area contributed by atoms with Gasteiger partial charge in [0, 0.05) is 17.9 Å². The summed E-state index contributed by atoms with van der Waals surface area (Å²) < 4.78 is 1.84. The van der Waals surface area contributed by atoms with Crippen LogP contribution in [0.2, 0.25) is 0 Å². The molecule has 3 heterocycles. The molecule has 7 nitrogen and oxygen atoms in total. The van der Waals surface area contributed by atoms with Crippen LogP contribution in [-0.4, -0.2) is 52.1 Å². The van der Waals surface area contributed by atoms with Crippen molar-refractivity contribution in [2.24, 2.45) is 4.99 Å². The number of nitrogens with two attached hydrogens (primary N) is 1. The molecule has 0 radical (unpaired) electrons. The first-order valence-corrected chi connectivity index (χ1v) is 8.62. The lowest BCUT2D eigenvalue weighted by Gasteiger charge is -2.40. The number of hydrogen-bond donors (Lipinski definition) is 2. The maximum atomic E-state index is 6.27. The van der Waals surface area contributed by atoms with E-state index in [0.29, 0.717) is 24.5 Å². The first-order valence-electron chi connectivity index (χ1n) is 8.62. The number of dihydropyridines is 1. The number of rotatable bonds is 4. The Morgan fingerprint density at radius 2 is 2.12 bits per heavy atom. The van der Waals surface area contributed by atoms with Crippen molar-refractivity contribution < 1.29 is 0 Å². The number of nitrogens with zero attached hydrogens (tertiary/aromatic N) is 5. The second-order valence-corrected chi connectivity index (χ2v) is 6.68. The highest BCUT2D eigenvalue weighted by molar-refractivity contribution is 5.72. The molecule has 0 bridgehead atoms. The first-order chi connectivity index (χ1) is 12.2. The van der Waals surface area contributed by atoms with E-state index in [-0.39, 0.29) is 0 Å². The summed E-state index contributed by atoms with van der Waals surface area (Å²) in [7, 11) is 2.15. The molecule has 2 aromatic rings. The van der Waals surface area contributed by atoms with Crippen LogP contribution in [0.25, 0.3) is 0 Å². The molecule has 1 saturated heterocycles. The first kappa shape index (κ1) is 15.8. The van der Waals surface area contributed by atoms with Gasteiger partial charge in [-0.1, -0.05) is 24.3 Å². The molecule has 2 atom stereocenters. The van der Waals surface area contributed by atoms with Gasteiger partial charge in [0.15, 0.2) is 0 Å². The molecular weight excluding hydrogens is 314 g/mol. The van der Waals surface area contributed by atoms with Crippen LogP contribution in [0, 0.1) is 0 Å². The summed E-state index contributed by atoms with van der Waals surface area (Å²) in [5.74, 6) is 0.909. The number of aromatic nitrogens is 3. The van der Waals surface area contributed by atoms with E-state index in [4.69, 9.17) is 10.8 Å². The number of benzene rings is 1. The van der Waals surface area contributed by atoms with E-state index >= 15 is 0 Å². The van der Waals surface area contributed by atoms with Gasteiger partial charge in [0.25, 0.3) is 0 Å². The lowest BCUT2D eigenvalue weighted by Crippen LogP contribution is -2.52. The van der Waals surface area contributed by atoms with Crippen LogP contribution in [0.4, 0.5) is 17.6 Å². The Morgan fingerprint density at radius 1 is 1.28 bits per heavy atom. The van der Waals surface area contributed by atoms with Crippen LogP contribution in [0.5, 0.6) is 0 Å². The van der Waals surface area contributed by atoms with E-state index in [2.05, 4.69) is 33.3 Å². The van der Waals surface area contributed by atoms with Crippen LogP contribution in [0.1, 0.15) is 12.8 Å². The molecule has 25 heavy (non-hydrogen) atoms. The summed E-state index contributed by atoms with van der Waals surface area (Å²) in [4.78, 5) is 11.3. The van der Waals surface area contributed by atoms with Crippen LogP contribution in [0.15, 0.2) is 47.5 Å². The lowest BCUT2D eigenvalue weighted by atomic mass is 9.86. The number of nitrogen functional groups attached to an aromatic ring is 1. The number of anilines is 3. The third-order valence-electron chi connectivity index (χ3n) is 5.07. The lowest BCUT2D eigenvalue weighted by molar-refractivity contribution is 0.161. The normalized spacial score (nSPS) is 26.2. The summed E-state index contributed by atoms with van der Waals surface area (Å²) in [6.07, 6.45) is 8.26. The minimum Gasteiger partial charge on any atom is -0.368 e. The maximum absolute atomic E-state index is 6.27. The highest BCUT2D eigenvalue weighted by atomic mass is 15.5. The van der Waals surface area contributed by atoms with Gasteiger partial charge in [0.1, 0.15) is 5.54 Å². The van der Waals surface area contributed by atoms with Gasteiger partial charge in [-0.15, -0.1) is 5.10 Å². The molecule has 1 aromatic carbocycles. The highest BCUT2D eigenvalue weighted by Gasteiger charge is 2.45. The largest absolute Gasteiger partial charge is 0.368 e. The molecule has 2 aliphatic rings. The Labute approximate surface area is 147 Å². The Hall–Kier alpha value is -2.67. The number of aliphatic imine (C=N–C) groups is 1. The zero-order valence-corrected chi connectivity index (χ0v) is 14.3. The Bertz CT molecular complexity index is 795. The van der Waals surface area contributed by atoms with Crippen LogP contribution >= 0.6 is 0 Å². The van der Waals surface area contributed by atoms with Crippen molar-refractivity contribution in [3.63, 3.8) is 0 Å². The topological polar surface area (TPSA) is 84.4 Å². The quantitative estimate of drug-likeness (QED) is 0.892. The zero-order chi connectivity index (χ0) is 17.3. The summed E-state index contributed by atoms with van der Waals surface area (Å²) in [5, 5.41) is 7.92. The second kappa shape index (κ2) is 6.33. The number of nitrogens with one attached hydrogen (secondary N) is 1. The van der Waals surface area contributed by atoms with Gasteiger partial charge in [-0.2, -0.15) is 4.98 Å². The van der Waals surface area contributed by atoms with Gasteiger partial charge >= 0.3 is 0 Å². The number of para-hydroxylation sites is 1. The third-order valence-corrected chi connectivity index (χ3v) is 5.07. The predicted octanol–water partition coefficient (Wildman–Crippen LogP) is 2.03. The molecule has 7 heteroatoms. The maximum Gasteiger partial charge on any atom is 0.248 e. The molecule has 0 spiro atoms. The molecule has 0 amide bonds. The summed E-state index contributed by atoms with van der Waals surface area (Å²) >= 11 is 0. The molecule has 2 aliphatic heterocycles. The van der Waals surface area contributed by atoms with E-state index < -0.39 is 5.54 Å². The van der Waals surface area contributed by atoms with Gasteiger partial charge in [0.05, 0.1) is 6.54 Å². The van der Waals surface area contributed by atoms with Gasteiger partial charge in [0.2, 0.25) is 11.9 Å². The van der Waals surface area contributed by atoms with Crippen molar-refractivity contribution in [3.8, 4) is 0 Å². The Morgan fingerprint density at radius 3 is 2.80 bits per heavy atom. The molecule has 3 N–H and O–H groups in total. The fourth-order valence-corrected chi connectivity index (χ4v) is 3.89. The smallest absolute Gasteiger partial charge is 0.248 e. The van der Waals surface area contributed by atoms with E-state index in [1.165, 1.54) is 6.42 Å². The van der Waals surface area contributed by atoms with Crippen molar-refractivity contribution in [1.29, 1.82) is 0 Å². The van der Waals surface area contributed by atoms with Crippen LogP contribution in [-0.2, 0) is 5.54 Å². The van der Waals surface area contributed by atoms with Crippen molar-refractivity contribution in [2.75, 3.05) is 31.2 Å². The molecule has 0 aliphatic carbocycles. The summed E-state index contributed by atoms with van der Waals surface area (Å²) in [6, 6.07) is 10.2. The van der Waals surface area contributed by atoms with Gasteiger partial charge in [-0.05, 0) is 44.6 Å². The number of hydrogen-bond acceptors (Lipinski definition) is 6. The number of likely N-dealkylation sites (tertiary alicyclic amines) is 1. The monoisotopic (exact) mass is 337 g/mol. The average Bonchev–Trinajstić information content (AvgIpc) is 3.22. The fourth-order valence-electron chi connectivity index (χ4n) is 3.89. The standard InChI is InChI=1S/C18H23N7/c1-24-12-5-9-15(24)18(10-6-11-20-13-18)25-16(19)22-17(23-25)21-14-7-3-2-4-8-14/h2-4,6-8,10-11,15H,5,9,12-13H2,1H3,(H3,19,21,22,23)/t15-,18?/m0/s1. The fraction of sp³-hybridized carbons (Fsp3) is 0.389. The van der Waals surface area contributed by atoms with Crippen molar-refractivity contribution >= 4 is 23.8 Å². The van der Waals surface area contributed by atoms with Gasteiger partial charge in [-0.3, -0.25) is 4.99 Å². The minimum atomic E-state index is -0.395. The van der Waals surface area contributed by atoms with E-state index in [1.54, 1.807) is 0 Å². The summed E-state index contributed by atoms with van der Waals surface area (Å²) in [5.41, 5.74) is 6.81. The number of likely N-dealkylation sites (N-methyl/N-ethyl adjacent to an activating group) is 1. The molecule has 1 fully saturated rings. The summed E-state index contributed by atoms with van der Waals surface area (Å²) in [6.45, 7) is 1.70. The molecule has 130 valence electrons.